The molecule has 0 radical (unpaired) electrons. The number of piperidine rings is 1. The number of pyridine rings is 1. The van der Waals surface area contributed by atoms with Crippen molar-refractivity contribution in [2.75, 3.05) is 19.6 Å². The average Bonchev–Trinajstić information content (AvgIpc) is 2.83. The van der Waals surface area contributed by atoms with Gasteiger partial charge in [-0.1, -0.05) is 12.7 Å². The lowest BCUT2D eigenvalue weighted by Gasteiger charge is -2.36. The summed E-state index contributed by atoms with van der Waals surface area (Å²) in [4.78, 5) is 31.8. The van der Waals surface area contributed by atoms with Crippen molar-refractivity contribution < 1.29 is 18.0 Å². The number of halogens is 3. The first-order chi connectivity index (χ1) is 16.3. The van der Waals surface area contributed by atoms with E-state index in [2.05, 4.69) is 38.6 Å². The summed E-state index contributed by atoms with van der Waals surface area (Å²) in [5.74, 6) is 0.151. The maximum atomic E-state index is 13.6. The molecule has 180 valence electrons. The van der Waals surface area contributed by atoms with Gasteiger partial charge in [0.25, 0.3) is 5.91 Å². The van der Waals surface area contributed by atoms with Crippen molar-refractivity contribution in [3.05, 3.63) is 65.9 Å². The molecule has 2 aromatic heterocycles. The van der Waals surface area contributed by atoms with Crippen LogP contribution in [0.3, 0.4) is 0 Å². The molecule has 0 bridgehead atoms. The summed E-state index contributed by atoms with van der Waals surface area (Å²) in [7, 11) is 0. The van der Waals surface area contributed by atoms with Gasteiger partial charge in [-0.3, -0.25) is 9.79 Å². The molecule has 1 aliphatic heterocycles. The number of aliphatic imine (C=N–C) groups is 1. The third-order valence-electron chi connectivity index (χ3n) is 5.62. The highest BCUT2D eigenvalue weighted by atomic mass is 19.4. The number of aromatic nitrogens is 3. The lowest BCUT2D eigenvalue weighted by atomic mass is 10.0. The Hall–Kier alpha value is -3.40. The van der Waals surface area contributed by atoms with Gasteiger partial charge in [0.2, 0.25) is 0 Å². The van der Waals surface area contributed by atoms with Gasteiger partial charge in [-0.15, -0.1) is 0 Å². The SMILES string of the molecule is C=C/C(=C(/CNC[C@@H]1CCCCN1C(=O)c1nc(C)ccc1-c1ncccn1)N=C)C(F)(F)F. The molecule has 3 heterocycles. The fraction of sp³-hybridized carbons (Fsp3) is 0.375. The molecule has 1 fully saturated rings. The van der Waals surface area contributed by atoms with E-state index in [1.807, 2.05) is 0 Å². The normalized spacial score (nSPS) is 17.2. The average molecular weight is 473 g/mol. The summed E-state index contributed by atoms with van der Waals surface area (Å²) in [5.41, 5.74) is 0.321. The van der Waals surface area contributed by atoms with Crippen molar-refractivity contribution in [3.8, 4) is 11.4 Å². The molecule has 3 rings (SSSR count). The second-order valence-corrected chi connectivity index (χ2v) is 7.92. The number of allylic oxidation sites excluding steroid dienone is 2. The standard InChI is InChI=1S/C24H27F3N6O/c1-4-19(24(25,26)27)20(28-3)15-29-14-17-8-5-6-13-33(17)23(34)21-18(10-9-16(2)32-21)22-30-11-7-12-31-22/h4,7,9-12,17,29H,1,3,5-6,8,13-15H2,2H3/b20-19+/t17-/m0/s1. The minimum absolute atomic E-state index is 0.144. The van der Waals surface area contributed by atoms with Crippen LogP contribution in [0.2, 0.25) is 0 Å². The van der Waals surface area contributed by atoms with E-state index in [9.17, 15) is 18.0 Å². The number of rotatable bonds is 8. The summed E-state index contributed by atoms with van der Waals surface area (Å²) in [6.45, 7) is 8.98. The molecule has 0 aliphatic carbocycles. The molecule has 1 amide bonds. The number of amides is 1. The Balaban J connectivity index is 1.80. The Morgan fingerprint density at radius 2 is 2.03 bits per heavy atom. The number of aryl methyl sites for hydroxylation is 1. The van der Waals surface area contributed by atoms with Crippen LogP contribution in [0.1, 0.15) is 35.4 Å². The molecule has 34 heavy (non-hydrogen) atoms. The molecule has 0 saturated carbocycles. The molecular formula is C24H27F3N6O. The van der Waals surface area contributed by atoms with Crippen LogP contribution < -0.4 is 5.32 Å². The molecule has 1 N–H and O–H groups in total. The van der Waals surface area contributed by atoms with E-state index in [4.69, 9.17) is 0 Å². The van der Waals surface area contributed by atoms with E-state index >= 15 is 0 Å². The van der Waals surface area contributed by atoms with Gasteiger partial charge in [0.1, 0.15) is 5.69 Å². The van der Waals surface area contributed by atoms with Crippen molar-refractivity contribution >= 4 is 12.6 Å². The zero-order valence-electron chi connectivity index (χ0n) is 19.0. The summed E-state index contributed by atoms with van der Waals surface area (Å²) in [6, 6.07) is 5.06. The van der Waals surface area contributed by atoms with Gasteiger partial charge in [0.15, 0.2) is 5.82 Å². The fourth-order valence-electron chi connectivity index (χ4n) is 3.95. The predicted molar refractivity (Wildman–Crippen MR) is 124 cm³/mol. The van der Waals surface area contributed by atoms with E-state index < -0.39 is 11.7 Å². The van der Waals surface area contributed by atoms with E-state index in [-0.39, 0.29) is 29.9 Å². The Bertz CT molecular complexity index is 1070. The minimum Gasteiger partial charge on any atom is -0.333 e. The van der Waals surface area contributed by atoms with Crippen LogP contribution in [-0.2, 0) is 0 Å². The maximum absolute atomic E-state index is 13.6. The summed E-state index contributed by atoms with van der Waals surface area (Å²) >= 11 is 0. The van der Waals surface area contributed by atoms with E-state index in [1.54, 1.807) is 42.4 Å². The smallest absolute Gasteiger partial charge is 0.333 e. The van der Waals surface area contributed by atoms with Crippen molar-refractivity contribution in [1.29, 1.82) is 0 Å². The Labute approximate surface area is 196 Å². The number of hydrogen-bond acceptors (Lipinski definition) is 6. The highest BCUT2D eigenvalue weighted by Gasteiger charge is 2.34. The molecule has 0 aromatic carbocycles. The number of carbonyl (C=O) groups excluding carboxylic acids is 1. The quantitative estimate of drug-likeness (QED) is 0.461. The first-order valence-corrected chi connectivity index (χ1v) is 10.9. The molecule has 2 aromatic rings. The lowest BCUT2D eigenvalue weighted by molar-refractivity contribution is -0.0890. The number of nitrogens with zero attached hydrogens (tertiary/aromatic N) is 5. The van der Waals surface area contributed by atoms with Crippen molar-refractivity contribution in [2.45, 2.75) is 38.4 Å². The highest BCUT2D eigenvalue weighted by molar-refractivity contribution is 5.98. The van der Waals surface area contributed by atoms with Gasteiger partial charge in [0, 0.05) is 43.8 Å². The van der Waals surface area contributed by atoms with Crippen molar-refractivity contribution in [3.63, 3.8) is 0 Å². The minimum atomic E-state index is -4.57. The van der Waals surface area contributed by atoms with Gasteiger partial charge < -0.3 is 10.2 Å². The molecule has 1 atom stereocenters. The summed E-state index contributed by atoms with van der Waals surface area (Å²) in [5, 5.41) is 3.01. The van der Waals surface area contributed by atoms with Gasteiger partial charge in [0.05, 0.1) is 16.8 Å². The van der Waals surface area contributed by atoms with Crippen LogP contribution in [0.25, 0.3) is 11.4 Å². The molecule has 7 nitrogen and oxygen atoms in total. The number of nitrogens with one attached hydrogen (secondary N) is 1. The van der Waals surface area contributed by atoms with Crippen LogP contribution >= 0.6 is 0 Å². The maximum Gasteiger partial charge on any atom is 0.418 e. The Morgan fingerprint density at radius 1 is 1.29 bits per heavy atom. The Kier molecular flexibility index (Phi) is 8.27. The fourth-order valence-corrected chi connectivity index (χ4v) is 3.95. The predicted octanol–water partition coefficient (Wildman–Crippen LogP) is 4.13. The van der Waals surface area contributed by atoms with Gasteiger partial charge >= 0.3 is 6.18 Å². The topological polar surface area (TPSA) is 83.4 Å². The lowest BCUT2D eigenvalue weighted by Crippen LogP contribution is -2.49. The van der Waals surface area contributed by atoms with Crippen molar-refractivity contribution in [1.82, 2.24) is 25.2 Å². The third kappa shape index (κ3) is 5.93. The molecule has 1 aliphatic rings. The molecular weight excluding hydrogens is 445 g/mol. The van der Waals surface area contributed by atoms with Crippen LogP contribution in [0.4, 0.5) is 13.2 Å². The molecule has 1 saturated heterocycles. The zero-order chi connectivity index (χ0) is 24.7. The number of carbonyl (C=O) groups is 1. The van der Waals surface area contributed by atoms with E-state index in [1.165, 1.54) is 0 Å². The van der Waals surface area contributed by atoms with Crippen LogP contribution in [-0.4, -0.2) is 64.3 Å². The molecule has 0 spiro atoms. The van der Waals surface area contributed by atoms with Gasteiger partial charge in [-0.2, -0.15) is 13.2 Å². The number of likely N-dealkylation sites (tertiary alicyclic amines) is 1. The highest BCUT2D eigenvalue weighted by Crippen LogP contribution is 2.29. The zero-order valence-corrected chi connectivity index (χ0v) is 19.0. The van der Waals surface area contributed by atoms with Crippen LogP contribution in [0, 0.1) is 6.92 Å². The largest absolute Gasteiger partial charge is 0.418 e. The van der Waals surface area contributed by atoms with Gasteiger partial charge in [-0.25, -0.2) is 15.0 Å². The second-order valence-electron chi connectivity index (χ2n) is 7.92. The molecule has 10 heteroatoms. The number of alkyl halides is 3. The monoisotopic (exact) mass is 472 g/mol. The van der Waals surface area contributed by atoms with E-state index in [0.717, 1.165) is 25.3 Å². The van der Waals surface area contributed by atoms with Crippen LogP contribution in [0.15, 0.2) is 59.5 Å². The third-order valence-corrected chi connectivity index (χ3v) is 5.62. The van der Waals surface area contributed by atoms with Crippen molar-refractivity contribution in [2.24, 2.45) is 4.99 Å². The van der Waals surface area contributed by atoms with Crippen LogP contribution in [0.5, 0.6) is 0 Å². The molecule has 0 unspecified atom stereocenters. The van der Waals surface area contributed by atoms with E-state index in [0.29, 0.717) is 30.2 Å². The summed E-state index contributed by atoms with van der Waals surface area (Å²) in [6.07, 6.45) is 1.82. The first kappa shape index (κ1) is 25.2. The van der Waals surface area contributed by atoms with Gasteiger partial charge in [-0.05, 0) is 51.1 Å². The first-order valence-electron chi connectivity index (χ1n) is 10.9. The second kappa shape index (κ2) is 11.1. The summed E-state index contributed by atoms with van der Waals surface area (Å²) < 4.78 is 39.6. The number of hydrogen-bond donors (Lipinski definition) is 1. The Morgan fingerprint density at radius 3 is 2.68 bits per heavy atom.